The number of carbonyl (C=O) groups is 2. The summed E-state index contributed by atoms with van der Waals surface area (Å²) in [6.07, 6.45) is 3.14. The highest BCUT2D eigenvalue weighted by atomic mass is 35.5. The van der Waals surface area contributed by atoms with E-state index in [2.05, 4.69) is 15.6 Å². The van der Waals surface area contributed by atoms with Gasteiger partial charge in [0.05, 0.1) is 5.56 Å². The van der Waals surface area contributed by atoms with Gasteiger partial charge in [-0.2, -0.15) is 0 Å². The number of benzene rings is 2. The molecule has 0 radical (unpaired) electrons. The van der Waals surface area contributed by atoms with E-state index >= 15 is 0 Å². The molecule has 26 heavy (non-hydrogen) atoms. The van der Waals surface area contributed by atoms with Gasteiger partial charge in [-0.25, -0.2) is 0 Å². The van der Waals surface area contributed by atoms with E-state index in [0.717, 1.165) is 5.56 Å². The average Bonchev–Trinajstić information content (AvgIpc) is 2.68. The van der Waals surface area contributed by atoms with Crippen molar-refractivity contribution < 1.29 is 9.59 Å². The van der Waals surface area contributed by atoms with Crippen LogP contribution in [0.1, 0.15) is 26.3 Å². The minimum absolute atomic E-state index is 0.184. The zero-order valence-electron chi connectivity index (χ0n) is 13.8. The van der Waals surface area contributed by atoms with Gasteiger partial charge >= 0.3 is 0 Å². The van der Waals surface area contributed by atoms with Gasteiger partial charge in [-0.1, -0.05) is 29.8 Å². The van der Waals surface area contributed by atoms with Crippen LogP contribution in [-0.2, 0) is 6.54 Å². The molecule has 5 nitrogen and oxygen atoms in total. The molecule has 130 valence electrons. The highest BCUT2D eigenvalue weighted by molar-refractivity contribution is 6.31. The fourth-order valence-electron chi connectivity index (χ4n) is 2.32. The molecule has 0 aliphatic rings. The minimum atomic E-state index is -0.231. The molecule has 0 spiro atoms. The first-order chi connectivity index (χ1) is 12.6. The maximum atomic E-state index is 12.2. The largest absolute Gasteiger partial charge is 0.348 e. The van der Waals surface area contributed by atoms with Crippen LogP contribution in [0.4, 0.5) is 5.69 Å². The lowest BCUT2D eigenvalue weighted by Gasteiger charge is -2.08. The molecule has 6 heteroatoms. The number of aromatic nitrogens is 1. The summed E-state index contributed by atoms with van der Waals surface area (Å²) in [4.78, 5) is 28.1. The zero-order valence-corrected chi connectivity index (χ0v) is 14.5. The molecule has 0 aliphatic heterocycles. The van der Waals surface area contributed by atoms with Gasteiger partial charge in [0, 0.05) is 35.2 Å². The van der Waals surface area contributed by atoms with Gasteiger partial charge < -0.3 is 10.6 Å². The summed E-state index contributed by atoms with van der Waals surface area (Å²) in [5, 5.41) is 6.15. The molecule has 2 amide bonds. The third-order valence-electron chi connectivity index (χ3n) is 3.68. The molecule has 1 heterocycles. The Bertz CT molecular complexity index is 912. The number of nitrogens with zero attached hydrogens (tertiary/aromatic N) is 1. The first-order valence-electron chi connectivity index (χ1n) is 7.96. The van der Waals surface area contributed by atoms with Crippen molar-refractivity contribution in [2.45, 2.75) is 6.54 Å². The number of hydrogen-bond acceptors (Lipinski definition) is 3. The van der Waals surface area contributed by atoms with Gasteiger partial charge in [0.1, 0.15) is 0 Å². The van der Waals surface area contributed by atoms with Gasteiger partial charge in [0.25, 0.3) is 11.8 Å². The van der Waals surface area contributed by atoms with E-state index in [1.165, 1.54) is 6.20 Å². The van der Waals surface area contributed by atoms with Crippen molar-refractivity contribution in [2.75, 3.05) is 5.32 Å². The van der Waals surface area contributed by atoms with Crippen LogP contribution in [0.5, 0.6) is 0 Å². The number of nitrogens with one attached hydrogen (secondary N) is 2. The first-order valence-corrected chi connectivity index (χ1v) is 8.34. The third kappa shape index (κ3) is 4.68. The third-order valence-corrected chi connectivity index (χ3v) is 3.91. The van der Waals surface area contributed by atoms with E-state index < -0.39 is 0 Å². The van der Waals surface area contributed by atoms with E-state index in [0.29, 0.717) is 28.4 Å². The second-order valence-corrected chi connectivity index (χ2v) is 6.02. The normalized spacial score (nSPS) is 10.2. The molecule has 0 saturated carbocycles. The number of carbonyl (C=O) groups excluding carboxylic acids is 2. The summed E-state index contributed by atoms with van der Waals surface area (Å²) >= 11 is 5.90. The monoisotopic (exact) mass is 365 g/mol. The molecular formula is C20H16ClN3O2. The van der Waals surface area contributed by atoms with Crippen molar-refractivity contribution in [3.63, 3.8) is 0 Å². The molecule has 3 rings (SSSR count). The van der Waals surface area contributed by atoms with Crippen molar-refractivity contribution in [1.82, 2.24) is 10.3 Å². The van der Waals surface area contributed by atoms with Crippen molar-refractivity contribution in [3.8, 4) is 0 Å². The molecule has 0 fully saturated rings. The first kappa shape index (κ1) is 17.6. The van der Waals surface area contributed by atoms with Crippen LogP contribution in [0, 0.1) is 0 Å². The van der Waals surface area contributed by atoms with Crippen LogP contribution in [0.15, 0.2) is 73.1 Å². The van der Waals surface area contributed by atoms with Crippen molar-refractivity contribution in [1.29, 1.82) is 0 Å². The molecule has 0 bridgehead atoms. The number of anilines is 1. The molecule has 0 unspecified atom stereocenters. The fourth-order valence-corrected chi connectivity index (χ4v) is 2.51. The van der Waals surface area contributed by atoms with E-state index in [1.54, 1.807) is 54.7 Å². The maximum Gasteiger partial charge on any atom is 0.255 e. The summed E-state index contributed by atoms with van der Waals surface area (Å²) in [5.74, 6) is -0.415. The van der Waals surface area contributed by atoms with Crippen LogP contribution in [-0.4, -0.2) is 16.8 Å². The quantitative estimate of drug-likeness (QED) is 0.720. The molecular weight excluding hydrogens is 350 g/mol. The molecule has 0 atom stereocenters. The summed E-state index contributed by atoms with van der Waals surface area (Å²) in [6.45, 7) is 0.385. The Balaban J connectivity index is 1.56. The standard InChI is InChI=1S/C20H16ClN3O2/c21-17-5-1-3-15(11-17)20(26)24-18-8-6-14(7-9-18)12-23-19(25)16-4-2-10-22-13-16/h1-11,13H,12H2,(H,23,25)(H,24,26). The zero-order chi connectivity index (χ0) is 18.4. The van der Waals surface area contributed by atoms with Gasteiger partial charge in [-0.15, -0.1) is 0 Å². The molecule has 2 aromatic carbocycles. The Hall–Kier alpha value is -3.18. The lowest BCUT2D eigenvalue weighted by Crippen LogP contribution is -2.22. The summed E-state index contributed by atoms with van der Waals surface area (Å²) in [6, 6.07) is 17.4. The van der Waals surface area contributed by atoms with Crippen LogP contribution in [0.3, 0.4) is 0 Å². The Morgan fingerprint density at radius 2 is 1.69 bits per heavy atom. The van der Waals surface area contributed by atoms with Crippen LogP contribution >= 0.6 is 11.6 Å². The maximum absolute atomic E-state index is 12.2. The Morgan fingerprint density at radius 3 is 2.38 bits per heavy atom. The predicted molar refractivity (Wildman–Crippen MR) is 101 cm³/mol. The highest BCUT2D eigenvalue weighted by Crippen LogP contribution is 2.14. The second kappa shape index (κ2) is 8.27. The number of hydrogen-bond donors (Lipinski definition) is 2. The highest BCUT2D eigenvalue weighted by Gasteiger charge is 2.07. The molecule has 0 saturated heterocycles. The second-order valence-electron chi connectivity index (χ2n) is 5.59. The summed E-state index contributed by atoms with van der Waals surface area (Å²) in [5.41, 5.74) is 2.59. The lowest BCUT2D eigenvalue weighted by molar-refractivity contribution is 0.0949. The van der Waals surface area contributed by atoms with Crippen molar-refractivity contribution in [2.24, 2.45) is 0 Å². The van der Waals surface area contributed by atoms with Crippen LogP contribution in [0.2, 0.25) is 5.02 Å². The van der Waals surface area contributed by atoms with Crippen molar-refractivity contribution >= 4 is 29.1 Å². The van der Waals surface area contributed by atoms with Crippen LogP contribution in [0.25, 0.3) is 0 Å². The predicted octanol–water partition coefficient (Wildman–Crippen LogP) is 3.92. The van der Waals surface area contributed by atoms with E-state index in [-0.39, 0.29) is 11.8 Å². The van der Waals surface area contributed by atoms with Gasteiger partial charge in [-0.3, -0.25) is 14.6 Å². The molecule has 2 N–H and O–H groups in total. The fraction of sp³-hybridized carbons (Fsp3) is 0.0500. The Kier molecular flexibility index (Phi) is 5.61. The molecule has 1 aromatic heterocycles. The number of amides is 2. The Morgan fingerprint density at radius 1 is 0.923 bits per heavy atom. The van der Waals surface area contributed by atoms with Gasteiger partial charge in [-0.05, 0) is 48.0 Å². The Labute approximate surface area is 156 Å². The van der Waals surface area contributed by atoms with E-state index in [1.807, 2.05) is 12.1 Å². The summed E-state index contributed by atoms with van der Waals surface area (Å²) < 4.78 is 0. The van der Waals surface area contributed by atoms with Gasteiger partial charge in [0.2, 0.25) is 0 Å². The van der Waals surface area contributed by atoms with Gasteiger partial charge in [0.15, 0.2) is 0 Å². The topological polar surface area (TPSA) is 71.1 Å². The smallest absolute Gasteiger partial charge is 0.255 e. The van der Waals surface area contributed by atoms with E-state index in [4.69, 9.17) is 11.6 Å². The lowest BCUT2D eigenvalue weighted by atomic mass is 10.1. The van der Waals surface area contributed by atoms with Crippen molar-refractivity contribution in [3.05, 3.63) is 94.8 Å². The molecule has 3 aromatic rings. The summed E-state index contributed by atoms with van der Waals surface area (Å²) in [7, 11) is 0. The van der Waals surface area contributed by atoms with E-state index in [9.17, 15) is 9.59 Å². The number of rotatable bonds is 5. The average molecular weight is 366 g/mol. The molecule has 0 aliphatic carbocycles. The van der Waals surface area contributed by atoms with Crippen LogP contribution < -0.4 is 10.6 Å². The SMILES string of the molecule is O=C(NCc1ccc(NC(=O)c2cccc(Cl)c2)cc1)c1cccnc1. The number of halogens is 1. The minimum Gasteiger partial charge on any atom is -0.348 e. The number of pyridine rings is 1.